The second-order valence-corrected chi connectivity index (χ2v) is 6.08. The molecular weight excluding hydrogens is 262 g/mol. The van der Waals surface area contributed by atoms with E-state index in [0.29, 0.717) is 13.0 Å². The number of carbonyl (C=O) groups is 1. The number of pyridine rings is 1. The minimum absolute atomic E-state index is 0.0522. The summed E-state index contributed by atoms with van der Waals surface area (Å²) in [6.07, 6.45) is 4.84. The molecule has 0 radical (unpaired) electrons. The Morgan fingerprint density at radius 2 is 2.00 bits per heavy atom. The standard InChI is InChI=1S/C17H19N3O/c18-11-9-16(21)20(10-11)17-12-5-1-3-7-14(12)19-15-8-4-2-6-13(15)17/h1,3,5,7,11H,2,4,6,8-10,18H2. The van der Waals surface area contributed by atoms with Crippen LogP contribution in [0.25, 0.3) is 10.9 Å². The van der Waals surface area contributed by atoms with Gasteiger partial charge in [0.15, 0.2) is 0 Å². The molecule has 4 nitrogen and oxygen atoms in total. The summed E-state index contributed by atoms with van der Waals surface area (Å²) in [7, 11) is 0. The third-order valence-corrected chi connectivity index (χ3v) is 4.56. The van der Waals surface area contributed by atoms with Crippen molar-refractivity contribution in [2.75, 3.05) is 11.4 Å². The summed E-state index contributed by atoms with van der Waals surface area (Å²) in [4.78, 5) is 19.1. The Labute approximate surface area is 124 Å². The summed E-state index contributed by atoms with van der Waals surface area (Å²) in [6, 6.07) is 8.08. The summed E-state index contributed by atoms with van der Waals surface area (Å²) in [5, 5.41) is 1.08. The number of anilines is 1. The summed E-state index contributed by atoms with van der Waals surface area (Å²) in [5.74, 6) is 0.145. The van der Waals surface area contributed by atoms with Crippen molar-refractivity contribution in [3.8, 4) is 0 Å². The van der Waals surface area contributed by atoms with Gasteiger partial charge in [-0.05, 0) is 37.3 Å². The van der Waals surface area contributed by atoms with Crippen LogP contribution in [0, 0.1) is 0 Å². The molecule has 0 saturated carbocycles. The van der Waals surface area contributed by atoms with Crippen LogP contribution in [0.2, 0.25) is 0 Å². The van der Waals surface area contributed by atoms with Crippen LogP contribution in [-0.2, 0) is 17.6 Å². The minimum Gasteiger partial charge on any atom is -0.326 e. The molecule has 1 aliphatic carbocycles. The average molecular weight is 281 g/mol. The lowest BCUT2D eigenvalue weighted by atomic mass is 9.92. The van der Waals surface area contributed by atoms with Crippen LogP contribution in [-0.4, -0.2) is 23.5 Å². The SMILES string of the molecule is NC1CC(=O)N(c2c3c(nc4ccccc24)CCCC3)C1. The van der Waals surface area contributed by atoms with E-state index in [2.05, 4.69) is 6.07 Å². The maximum absolute atomic E-state index is 12.3. The predicted octanol–water partition coefficient (Wildman–Crippen LogP) is 2.18. The van der Waals surface area contributed by atoms with E-state index in [4.69, 9.17) is 10.7 Å². The van der Waals surface area contributed by atoms with Crippen molar-refractivity contribution in [3.05, 3.63) is 35.5 Å². The highest BCUT2D eigenvalue weighted by atomic mass is 16.2. The third-order valence-electron chi connectivity index (χ3n) is 4.56. The molecule has 4 heteroatoms. The van der Waals surface area contributed by atoms with E-state index < -0.39 is 0 Å². The Balaban J connectivity index is 1.98. The Hall–Kier alpha value is -1.94. The molecule has 108 valence electrons. The van der Waals surface area contributed by atoms with Gasteiger partial charge in [-0.15, -0.1) is 0 Å². The monoisotopic (exact) mass is 281 g/mol. The van der Waals surface area contributed by atoms with Gasteiger partial charge in [0.2, 0.25) is 5.91 Å². The lowest BCUT2D eigenvalue weighted by Crippen LogP contribution is -2.30. The van der Waals surface area contributed by atoms with Crippen LogP contribution in [0.3, 0.4) is 0 Å². The minimum atomic E-state index is -0.0522. The Morgan fingerprint density at radius 1 is 1.19 bits per heavy atom. The molecule has 0 spiro atoms. The van der Waals surface area contributed by atoms with E-state index in [1.54, 1.807) is 0 Å². The Kier molecular flexibility index (Phi) is 2.93. The maximum atomic E-state index is 12.3. The summed E-state index contributed by atoms with van der Waals surface area (Å²) < 4.78 is 0. The van der Waals surface area contributed by atoms with Crippen LogP contribution >= 0.6 is 0 Å². The van der Waals surface area contributed by atoms with Crippen LogP contribution < -0.4 is 10.6 Å². The molecule has 1 aromatic carbocycles. The predicted molar refractivity (Wildman–Crippen MR) is 83.3 cm³/mol. The highest BCUT2D eigenvalue weighted by Crippen LogP contribution is 2.37. The van der Waals surface area contributed by atoms with E-state index in [9.17, 15) is 4.79 Å². The van der Waals surface area contributed by atoms with Gasteiger partial charge in [-0.2, -0.15) is 0 Å². The third kappa shape index (κ3) is 2.02. The van der Waals surface area contributed by atoms with Crippen LogP contribution in [0.1, 0.15) is 30.5 Å². The fraction of sp³-hybridized carbons (Fsp3) is 0.412. The van der Waals surface area contributed by atoms with E-state index in [0.717, 1.165) is 29.4 Å². The lowest BCUT2D eigenvalue weighted by Gasteiger charge is -2.26. The molecule has 1 unspecified atom stereocenters. The van der Waals surface area contributed by atoms with Gasteiger partial charge in [0, 0.05) is 30.1 Å². The molecule has 1 amide bonds. The number of para-hydroxylation sites is 1. The van der Waals surface area contributed by atoms with Gasteiger partial charge in [0.25, 0.3) is 0 Å². The number of aromatic nitrogens is 1. The van der Waals surface area contributed by atoms with E-state index in [1.165, 1.54) is 24.1 Å². The molecule has 1 saturated heterocycles. The normalized spacial score (nSPS) is 21.9. The van der Waals surface area contributed by atoms with Crippen molar-refractivity contribution in [2.24, 2.45) is 5.73 Å². The van der Waals surface area contributed by atoms with E-state index in [1.807, 2.05) is 23.1 Å². The van der Waals surface area contributed by atoms with Crippen molar-refractivity contribution in [1.82, 2.24) is 4.98 Å². The average Bonchev–Trinajstić information content (AvgIpc) is 2.83. The lowest BCUT2D eigenvalue weighted by molar-refractivity contribution is -0.117. The first-order chi connectivity index (χ1) is 10.2. The van der Waals surface area contributed by atoms with Gasteiger partial charge in [0.05, 0.1) is 11.2 Å². The fourth-order valence-electron chi connectivity index (χ4n) is 3.61. The largest absolute Gasteiger partial charge is 0.326 e. The second kappa shape index (κ2) is 4.81. The van der Waals surface area contributed by atoms with Gasteiger partial charge in [-0.3, -0.25) is 9.78 Å². The first-order valence-electron chi connectivity index (χ1n) is 7.70. The van der Waals surface area contributed by atoms with Gasteiger partial charge >= 0.3 is 0 Å². The number of hydrogen-bond acceptors (Lipinski definition) is 3. The van der Waals surface area contributed by atoms with Crippen molar-refractivity contribution in [1.29, 1.82) is 0 Å². The fourth-order valence-corrected chi connectivity index (χ4v) is 3.61. The summed E-state index contributed by atoms with van der Waals surface area (Å²) in [5.41, 5.74) is 10.5. The molecular formula is C17H19N3O. The smallest absolute Gasteiger partial charge is 0.228 e. The molecule has 4 rings (SSSR count). The second-order valence-electron chi connectivity index (χ2n) is 6.08. The number of nitrogens with two attached hydrogens (primary N) is 1. The Bertz CT molecular complexity index is 725. The molecule has 1 fully saturated rings. The Morgan fingerprint density at radius 3 is 2.81 bits per heavy atom. The molecule has 0 bridgehead atoms. The van der Waals surface area contributed by atoms with Crippen LogP contribution in [0.4, 0.5) is 5.69 Å². The number of fused-ring (bicyclic) bond motifs is 2. The van der Waals surface area contributed by atoms with Crippen molar-refractivity contribution < 1.29 is 4.79 Å². The summed E-state index contributed by atoms with van der Waals surface area (Å²) >= 11 is 0. The summed E-state index contributed by atoms with van der Waals surface area (Å²) in [6.45, 7) is 0.624. The zero-order valence-corrected chi connectivity index (χ0v) is 12.0. The van der Waals surface area contributed by atoms with Crippen molar-refractivity contribution in [3.63, 3.8) is 0 Å². The topological polar surface area (TPSA) is 59.2 Å². The highest BCUT2D eigenvalue weighted by Gasteiger charge is 2.32. The number of hydrogen-bond donors (Lipinski definition) is 1. The first kappa shape index (κ1) is 12.8. The van der Waals surface area contributed by atoms with Gasteiger partial charge in [0.1, 0.15) is 0 Å². The molecule has 1 aliphatic heterocycles. The first-order valence-corrected chi connectivity index (χ1v) is 7.70. The number of rotatable bonds is 1. The molecule has 2 aliphatic rings. The quantitative estimate of drug-likeness (QED) is 0.871. The van der Waals surface area contributed by atoms with Crippen LogP contribution in [0.5, 0.6) is 0 Å². The van der Waals surface area contributed by atoms with E-state index in [-0.39, 0.29) is 11.9 Å². The molecule has 21 heavy (non-hydrogen) atoms. The number of nitrogens with zero attached hydrogens (tertiary/aromatic N) is 2. The van der Waals surface area contributed by atoms with Crippen LogP contribution in [0.15, 0.2) is 24.3 Å². The molecule has 1 atom stereocenters. The van der Waals surface area contributed by atoms with Gasteiger partial charge < -0.3 is 10.6 Å². The molecule has 2 aromatic rings. The highest BCUT2D eigenvalue weighted by molar-refractivity contribution is 6.05. The number of aryl methyl sites for hydroxylation is 1. The molecule has 2 heterocycles. The number of amides is 1. The van der Waals surface area contributed by atoms with Crippen molar-refractivity contribution in [2.45, 2.75) is 38.1 Å². The van der Waals surface area contributed by atoms with E-state index >= 15 is 0 Å². The van der Waals surface area contributed by atoms with Crippen molar-refractivity contribution >= 4 is 22.5 Å². The van der Waals surface area contributed by atoms with Gasteiger partial charge in [-0.1, -0.05) is 18.2 Å². The maximum Gasteiger partial charge on any atom is 0.228 e. The molecule has 2 N–H and O–H groups in total. The zero-order valence-electron chi connectivity index (χ0n) is 12.0. The van der Waals surface area contributed by atoms with Gasteiger partial charge in [-0.25, -0.2) is 0 Å². The molecule has 1 aromatic heterocycles. The number of benzene rings is 1. The number of carbonyl (C=O) groups excluding carboxylic acids is 1. The zero-order chi connectivity index (χ0) is 14.4.